The maximum atomic E-state index is 10.9. The topological polar surface area (TPSA) is 49.9 Å². The smallest absolute Gasteiger partial charge is 0.243 e. The Bertz CT molecular complexity index is 574. The molecule has 0 atom stereocenters. The van der Waals surface area contributed by atoms with Gasteiger partial charge in [-0.05, 0) is 30.7 Å². The van der Waals surface area contributed by atoms with E-state index in [1.54, 1.807) is 0 Å². The molecule has 2 rings (SSSR count). The van der Waals surface area contributed by atoms with Crippen molar-refractivity contribution >= 4 is 11.6 Å². The third-order valence-electron chi connectivity index (χ3n) is 3.24. The first kappa shape index (κ1) is 15.3. The molecule has 5 nitrogen and oxygen atoms in total. The third kappa shape index (κ3) is 5.39. The van der Waals surface area contributed by atoms with E-state index >= 15 is 0 Å². The van der Waals surface area contributed by atoms with Crippen LogP contribution >= 0.6 is 0 Å². The van der Waals surface area contributed by atoms with Gasteiger partial charge in [-0.2, -0.15) is 0 Å². The first-order chi connectivity index (χ1) is 10.1. The number of aromatic nitrogens is 2. The maximum Gasteiger partial charge on any atom is 0.243 e. The van der Waals surface area contributed by atoms with Gasteiger partial charge in [-0.15, -0.1) is 0 Å². The molecular formula is C16H23N4O+. The molecule has 5 heteroatoms. The lowest BCUT2D eigenvalue weighted by molar-refractivity contribution is -0.671. The Hall–Kier alpha value is -2.14. The first-order valence-corrected chi connectivity index (χ1v) is 7.22. The van der Waals surface area contributed by atoms with Crippen molar-refractivity contribution < 1.29 is 9.36 Å². The second-order valence-electron chi connectivity index (χ2n) is 5.20. The van der Waals surface area contributed by atoms with Gasteiger partial charge >= 0.3 is 0 Å². The summed E-state index contributed by atoms with van der Waals surface area (Å²) in [5.74, 6) is -0.0390. The van der Waals surface area contributed by atoms with E-state index < -0.39 is 0 Å². The predicted octanol–water partition coefficient (Wildman–Crippen LogP) is 1.10. The predicted molar refractivity (Wildman–Crippen MR) is 82.9 cm³/mol. The van der Waals surface area contributed by atoms with Gasteiger partial charge in [0.15, 0.2) is 0 Å². The van der Waals surface area contributed by atoms with Crippen LogP contribution in [0.5, 0.6) is 0 Å². The number of carbonyl (C=O) groups excluding carboxylic acids is 1. The molecule has 1 aromatic carbocycles. The summed E-state index contributed by atoms with van der Waals surface area (Å²) < 4.78 is 4.20. The number of imidazole rings is 1. The second kappa shape index (κ2) is 7.59. The molecule has 0 radical (unpaired) electrons. The Kier molecular flexibility index (Phi) is 5.51. The van der Waals surface area contributed by atoms with E-state index in [1.807, 2.05) is 29.9 Å². The fourth-order valence-electron chi connectivity index (χ4n) is 2.16. The fraction of sp³-hybridized carbons (Fsp3) is 0.375. The van der Waals surface area contributed by atoms with Crippen LogP contribution in [-0.4, -0.2) is 23.6 Å². The molecule has 0 aliphatic carbocycles. The molecule has 0 unspecified atom stereocenters. The van der Waals surface area contributed by atoms with E-state index in [2.05, 4.69) is 39.9 Å². The van der Waals surface area contributed by atoms with Gasteiger partial charge < -0.3 is 10.6 Å². The maximum absolute atomic E-state index is 10.9. The molecule has 2 N–H and O–H groups in total. The second-order valence-corrected chi connectivity index (χ2v) is 5.20. The first-order valence-electron chi connectivity index (χ1n) is 7.22. The number of rotatable bonds is 7. The van der Waals surface area contributed by atoms with Crippen molar-refractivity contribution in [1.29, 1.82) is 0 Å². The standard InChI is InChI=1S/C16H22N4O/c1-14(21)18-16-5-3-15(4-6-16)7-8-17-9-10-20-12-11-19(2)13-20/h3-6,11-13,17H,7-10H2,1-2H3/p+1. The van der Waals surface area contributed by atoms with E-state index in [0.29, 0.717) is 0 Å². The zero-order chi connectivity index (χ0) is 15.1. The highest BCUT2D eigenvalue weighted by Crippen LogP contribution is 2.09. The summed E-state index contributed by atoms with van der Waals surface area (Å²) in [6.07, 6.45) is 7.17. The van der Waals surface area contributed by atoms with Crippen LogP contribution in [0.3, 0.4) is 0 Å². The summed E-state index contributed by atoms with van der Waals surface area (Å²) in [5.41, 5.74) is 2.11. The molecule has 0 aliphatic heterocycles. The molecule has 0 fully saturated rings. The zero-order valence-electron chi connectivity index (χ0n) is 12.7. The van der Waals surface area contributed by atoms with E-state index in [4.69, 9.17) is 0 Å². The molecule has 0 aliphatic rings. The minimum Gasteiger partial charge on any atom is -0.326 e. The number of aryl methyl sites for hydroxylation is 1. The number of hydrogen-bond acceptors (Lipinski definition) is 2. The molecule has 0 saturated carbocycles. The molecule has 112 valence electrons. The summed E-state index contributed by atoms with van der Waals surface area (Å²) in [4.78, 5) is 10.9. The molecule has 1 amide bonds. The molecule has 0 bridgehead atoms. The van der Waals surface area contributed by atoms with Crippen LogP contribution in [0.1, 0.15) is 12.5 Å². The quantitative estimate of drug-likeness (QED) is 0.592. The Labute approximate surface area is 125 Å². The number of nitrogens with zero attached hydrogens (tertiary/aromatic N) is 2. The molecule has 0 saturated heterocycles. The van der Waals surface area contributed by atoms with Gasteiger partial charge in [0.25, 0.3) is 0 Å². The van der Waals surface area contributed by atoms with Crippen molar-refractivity contribution in [3.63, 3.8) is 0 Å². The highest BCUT2D eigenvalue weighted by Gasteiger charge is 1.99. The van der Waals surface area contributed by atoms with Crippen molar-refractivity contribution in [2.45, 2.75) is 19.9 Å². The minimum atomic E-state index is -0.0390. The number of amides is 1. The monoisotopic (exact) mass is 287 g/mol. The van der Waals surface area contributed by atoms with Crippen LogP contribution in [-0.2, 0) is 24.8 Å². The Morgan fingerprint density at radius 1 is 1.24 bits per heavy atom. The lowest BCUT2D eigenvalue weighted by atomic mass is 10.1. The molecule has 2 aromatic rings. The van der Waals surface area contributed by atoms with Crippen molar-refractivity contribution in [3.8, 4) is 0 Å². The number of carbonyl (C=O) groups is 1. The Balaban J connectivity index is 1.65. The SMILES string of the molecule is CC(=O)Nc1ccc(CCNCCn2cc[n+](C)c2)cc1. The van der Waals surface area contributed by atoms with Crippen LogP contribution in [0, 0.1) is 0 Å². The highest BCUT2D eigenvalue weighted by molar-refractivity contribution is 5.88. The number of hydrogen-bond donors (Lipinski definition) is 2. The largest absolute Gasteiger partial charge is 0.326 e. The highest BCUT2D eigenvalue weighted by atomic mass is 16.1. The molecule has 0 spiro atoms. The van der Waals surface area contributed by atoms with Gasteiger partial charge in [0.2, 0.25) is 12.2 Å². The van der Waals surface area contributed by atoms with Crippen molar-refractivity contribution in [3.05, 3.63) is 48.5 Å². The van der Waals surface area contributed by atoms with E-state index in [9.17, 15) is 4.79 Å². The van der Waals surface area contributed by atoms with E-state index in [1.165, 1.54) is 12.5 Å². The summed E-state index contributed by atoms with van der Waals surface area (Å²) in [6, 6.07) is 7.99. The molecule has 1 aromatic heterocycles. The van der Waals surface area contributed by atoms with Crippen molar-refractivity contribution in [2.75, 3.05) is 18.4 Å². The van der Waals surface area contributed by atoms with Gasteiger partial charge in [-0.3, -0.25) is 4.79 Å². The normalized spacial score (nSPS) is 10.6. The minimum absolute atomic E-state index is 0.0390. The third-order valence-corrected chi connectivity index (χ3v) is 3.24. The number of benzene rings is 1. The summed E-state index contributed by atoms with van der Waals surface area (Å²) in [7, 11) is 2.02. The number of nitrogens with one attached hydrogen (secondary N) is 2. The summed E-state index contributed by atoms with van der Waals surface area (Å²) >= 11 is 0. The van der Waals surface area contributed by atoms with Crippen molar-refractivity contribution in [1.82, 2.24) is 9.88 Å². The van der Waals surface area contributed by atoms with E-state index in [-0.39, 0.29) is 5.91 Å². The fourth-order valence-corrected chi connectivity index (χ4v) is 2.16. The van der Waals surface area contributed by atoms with E-state index in [0.717, 1.165) is 31.7 Å². The van der Waals surface area contributed by atoms with Gasteiger partial charge in [-0.25, -0.2) is 9.13 Å². The van der Waals surface area contributed by atoms with Crippen molar-refractivity contribution in [2.24, 2.45) is 7.05 Å². The number of anilines is 1. The van der Waals surface area contributed by atoms with Crippen LogP contribution in [0.15, 0.2) is 43.0 Å². The van der Waals surface area contributed by atoms with Crippen LogP contribution < -0.4 is 15.2 Å². The molecule has 21 heavy (non-hydrogen) atoms. The summed E-state index contributed by atoms with van der Waals surface area (Å²) in [5, 5.41) is 6.21. The van der Waals surface area contributed by atoms with Gasteiger partial charge in [0, 0.05) is 19.2 Å². The Morgan fingerprint density at radius 3 is 2.62 bits per heavy atom. The average Bonchev–Trinajstić information content (AvgIpc) is 2.85. The molecular weight excluding hydrogens is 264 g/mol. The van der Waals surface area contributed by atoms with Gasteiger partial charge in [0.1, 0.15) is 18.9 Å². The lowest BCUT2D eigenvalue weighted by Gasteiger charge is -2.06. The van der Waals surface area contributed by atoms with Crippen LogP contribution in [0.4, 0.5) is 5.69 Å². The van der Waals surface area contributed by atoms with Crippen LogP contribution in [0.2, 0.25) is 0 Å². The summed E-state index contributed by atoms with van der Waals surface area (Å²) in [6.45, 7) is 4.40. The lowest BCUT2D eigenvalue weighted by Crippen LogP contribution is -2.25. The van der Waals surface area contributed by atoms with Gasteiger partial charge in [-0.1, -0.05) is 12.1 Å². The van der Waals surface area contributed by atoms with Crippen LogP contribution in [0.25, 0.3) is 0 Å². The zero-order valence-corrected chi connectivity index (χ0v) is 12.7. The average molecular weight is 287 g/mol. The molecule has 1 heterocycles. The van der Waals surface area contributed by atoms with Gasteiger partial charge in [0.05, 0.1) is 7.05 Å². The Morgan fingerprint density at radius 2 is 2.00 bits per heavy atom.